The number of aryl methyl sites for hydroxylation is 2. The second-order valence-corrected chi connectivity index (χ2v) is 4.47. The molecule has 1 aromatic rings. The molecular formula is C13H18N2O. The summed E-state index contributed by atoms with van der Waals surface area (Å²) >= 11 is 0. The van der Waals surface area contributed by atoms with Gasteiger partial charge in [-0.25, -0.2) is 4.79 Å². The van der Waals surface area contributed by atoms with Crippen LogP contribution in [0.3, 0.4) is 0 Å². The van der Waals surface area contributed by atoms with Crippen LogP contribution < -0.4 is 5.73 Å². The molecule has 1 aliphatic rings. The number of primary amides is 1. The topological polar surface area (TPSA) is 46.3 Å². The normalized spacial score (nSPS) is 13.6. The average Bonchev–Trinajstić information content (AvgIpc) is 2.72. The van der Waals surface area contributed by atoms with E-state index in [1.54, 1.807) is 11.9 Å². The molecule has 16 heavy (non-hydrogen) atoms. The fourth-order valence-corrected chi connectivity index (χ4v) is 2.19. The highest BCUT2D eigenvalue weighted by Gasteiger charge is 2.11. The van der Waals surface area contributed by atoms with Crippen molar-refractivity contribution in [3.8, 4) is 0 Å². The van der Waals surface area contributed by atoms with Crippen LogP contribution in [0.15, 0.2) is 18.2 Å². The molecule has 2 rings (SSSR count). The van der Waals surface area contributed by atoms with E-state index in [2.05, 4.69) is 18.2 Å². The average molecular weight is 218 g/mol. The number of urea groups is 1. The van der Waals surface area contributed by atoms with Crippen LogP contribution in [0.2, 0.25) is 0 Å². The lowest BCUT2D eigenvalue weighted by Gasteiger charge is -2.14. The van der Waals surface area contributed by atoms with Crippen molar-refractivity contribution in [2.75, 3.05) is 13.6 Å². The van der Waals surface area contributed by atoms with E-state index in [9.17, 15) is 4.79 Å². The molecule has 3 heteroatoms. The largest absolute Gasteiger partial charge is 0.351 e. The van der Waals surface area contributed by atoms with Crippen molar-refractivity contribution in [3.05, 3.63) is 34.9 Å². The summed E-state index contributed by atoms with van der Waals surface area (Å²) in [5.41, 5.74) is 9.46. The minimum Gasteiger partial charge on any atom is -0.351 e. The molecule has 0 unspecified atom stereocenters. The van der Waals surface area contributed by atoms with Crippen LogP contribution in [-0.4, -0.2) is 24.5 Å². The second kappa shape index (κ2) is 4.56. The molecule has 0 atom stereocenters. The Hall–Kier alpha value is -1.51. The van der Waals surface area contributed by atoms with E-state index < -0.39 is 0 Å². The number of carbonyl (C=O) groups is 1. The molecule has 0 bridgehead atoms. The lowest BCUT2D eigenvalue weighted by atomic mass is 10.0. The first-order chi connectivity index (χ1) is 7.66. The van der Waals surface area contributed by atoms with Gasteiger partial charge < -0.3 is 10.6 Å². The molecule has 0 radical (unpaired) electrons. The maximum absolute atomic E-state index is 10.9. The lowest BCUT2D eigenvalue weighted by molar-refractivity contribution is 0.219. The number of benzene rings is 1. The third-order valence-corrected chi connectivity index (χ3v) is 3.28. The monoisotopic (exact) mass is 218 g/mol. The van der Waals surface area contributed by atoms with Gasteiger partial charge in [0.25, 0.3) is 0 Å². The molecule has 86 valence electrons. The van der Waals surface area contributed by atoms with Crippen molar-refractivity contribution >= 4 is 6.03 Å². The van der Waals surface area contributed by atoms with Crippen molar-refractivity contribution in [1.29, 1.82) is 0 Å². The van der Waals surface area contributed by atoms with Crippen LogP contribution in [0, 0.1) is 0 Å². The highest BCUT2D eigenvalue weighted by atomic mass is 16.2. The van der Waals surface area contributed by atoms with E-state index in [0.29, 0.717) is 6.54 Å². The first-order valence-corrected chi connectivity index (χ1v) is 5.78. The summed E-state index contributed by atoms with van der Waals surface area (Å²) < 4.78 is 0. The van der Waals surface area contributed by atoms with Crippen LogP contribution in [0.1, 0.15) is 23.1 Å². The van der Waals surface area contributed by atoms with Gasteiger partial charge in [-0.1, -0.05) is 18.2 Å². The van der Waals surface area contributed by atoms with Crippen molar-refractivity contribution in [2.45, 2.75) is 25.7 Å². The zero-order valence-corrected chi connectivity index (χ0v) is 9.70. The summed E-state index contributed by atoms with van der Waals surface area (Å²) in [6.45, 7) is 0.689. The molecule has 1 aromatic carbocycles. The van der Waals surface area contributed by atoms with Gasteiger partial charge in [-0.15, -0.1) is 0 Å². The maximum atomic E-state index is 10.9. The zero-order chi connectivity index (χ0) is 11.5. The molecule has 0 fully saturated rings. The molecule has 3 nitrogen and oxygen atoms in total. The van der Waals surface area contributed by atoms with E-state index in [4.69, 9.17) is 5.73 Å². The van der Waals surface area contributed by atoms with Gasteiger partial charge in [0.1, 0.15) is 0 Å². The number of fused-ring (bicyclic) bond motifs is 1. The van der Waals surface area contributed by atoms with Gasteiger partial charge in [-0.05, 0) is 42.4 Å². The van der Waals surface area contributed by atoms with Gasteiger partial charge >= 0.3 is 6.03 Å². The molecule has 0 saturated heterocycles. The van der Waals surface area contributed by atoms with E-state index in [1.807, 2.05) is 0 Å². The standard InChI is InChI=1S/C13H18N2O/c1-15(13(14)16)8-7-10-5-6-11-3-2-4-12(11)9-10/h5-6,9H,2-4,7-8H2,1H3,(H2,14,16). The van der Waals surface area contributed by atoms with Crippen molar-refractivity contribution < 1.29 is 4.79 Å². The predicted octanol–water partition coefficient (Wildman–Crippen LogP) is 1.73. The number of hydrogen-bond acceptors (Lipinski definition) is 1. The SMILES string of the molecule is CN(CCc1ccc2c(c1)CCC2)C(N)=O. The summed E-state index contributed by atoms with van der Waals surface area (Å²) in [5, 5.41) is 0. The highest BCUT2D eigenvalue weighted by molar-refractivity contribution is 5.71. The summed E-state index contributed by atoms with van der Waals surface area (Å²) in [4.78, 5) is 12.4. The van der Waals surface area contributed by atoms with Crippen LogP contribution in [0.4, 0.5) is 4.79 Å². The Bertz CT molecular complexity index is 401. The lowest BCUT2D eigenvalue weighted by Crippen LogP contribution is -2.33. The molecule has 0 saturated carbocycles. The van der Waals surface area contributed by atoms with E-state index in [1.165, 1.54) is 36.0 Å². The summed E-state index contributed by atoms with van der Waals surface area (Å²) in [6.07, 6.45) is 4.58. The van der Waals surface area contributed by atoms with Crippen LogP contribution in [0.25, 0.3) is 0 Å². The fraction of sp³-hybridized carbons (Fsp3) is 0.462. The predicted molar refractivity (Wildman–Crippen MR) is 64.4 cm³/mol. The Balaban J connectivity index is 1.98. The highest BCUT2D eigenvalue weighted by Crippen LogP contribution is 2.22. The number of nitrogens with zero attached hydrogens (tertiary/aromatic N) is 1. The Kier molecular flexibility index (Phi) is 3.13. The molecule has 0 heterocycles. The number of hydrogen-bond donors (Lipinski definition) is 1. The fourth-order valence-electron chi connectivity index (χ4n) is 2.19. The van der Waals surface area contributed by atoms with Crippen LogP contribution in [-0.2, 0) is 19.3 Å². The minimum atomic E-state index is -0.360. The number of carbonyl (C=O) groups excluding carboxylic acids is 1. The van der Waals surface area contributed by atoms with E-state index in [-0.39, 0.29) is 6.03 Å². The summed E-state index contributed by atoms with van der Waals surface area (Å²) in [6, 6.07) is 6.30. The molecule has 2 N–H and O–H groups in total. The summed E-state index contributed by atoms with van der Waals surface area (Å²) in [5.74, 6) is 0. The van der Waals surface area contributed by atoms with Gasteiger partial charge in [0.05, 0.1) is 0 Å². The third-order valence-electron chi connectivity index (χ3n) is 3.28. The molecule has 0 aliphatic heterocycles. The quantitative estimate of drug-likeness (QED) is 0.825. The molecule has 0 spiro atoms. The Labute approximate surface area is 96.2 Å². The summed E-state index contributed by atoms with van der Waals surface area (Å²) in [7, 11) is 1.73. The van der Waals surface area contributed by atoms with Gasteiger partial charge in [0.2, 0.25) is 0 Å². The van der Waals surface area contributed by atoms with E-state index in [0.717, 1.165) is 6.42 Å². The Morgan fingerprint density at radius 1 is 1.38 bits per heavy atom. The molecule has 2 amide bonds. The minimum absolute atomic E-state index is 0.360. The Morgan fingerprint density at radius 3 is 2.88 bits per heavy atom. The zero-order valence-electron chi connectivity index (χ0n) is 9.70. The molecule has 1 aliphatic carbocycles. The van der Waals surface area contributed by atoms with Crippen molar-refractivity contribution in [3.63, 3.8) is 0 Å². The number of nitrogens with two attached hydrogens (primary N) is 1. The maximum Gasteiger partial charge on any atom is 0.314 e. The molecule has 0 aromatic heterocycles. The van der Waals surface area contributed by atoms with Crippen LogP contribution in [0.5, 0.6) is 0 Å². The first-order valence-electron chi connectivity index (χ1n) is 5.78. The number of amides is 2. The smallest absolute Gasteiger partial charge is 0.314 e. The van der Waals surface area contributed by atoms with E-state index >= 15 is 0 Å². The van der Waals surface area contributed by atoms with Gasteiger partial charge in [0, 0.05) is 13.6 Å². The van der Waals surface area contributed by atoms with Crippen molar-refractivity contribution in [2.24, 2.45) is 5.73 Å². The third kappa shape index (κ3) is 2.35. The number of rotatable bonds is 3. The van der Waals surface area contributed by atoms with Crippen LogP contribution >= 0.6 is 0 Å². The van der Waals surface area contributed by atoms with Crippen molar-refractivity contribution in [1.82, 2.24) is 4.90 Å². The van der Waals surface area contributed by atoms with Gasteiger partial charge in [-0.3, -0.25) is 0 Å². The number of likely N-dealkylation sites (N-methyl/N-ethyl adjacent to an activating group) is 1. The molecular weight excluding hydrogens is 200 g/mol. The second-order valence-electron chi connectivity index (χ2n) is 4.47. The van der Waals surface area contributed by atoms with Gasteiger partial charge in [-0.2, -0.15) is 0 Å². The Morgan fingerprint density at radius 2 is 2.12 bits per heavy atom. The van der Waals surface area contributed by atoms with Gasteiger partial charge in [0.15, 0.2) is 0 Å². The first kappa shape index (κ1) is 11.0.